The molecule has 0 aliphatic heterocycles. The summed E-state index contributed by atoms with van der Waals surface area (Å²) in [6, 6.07) is 7.75. The highest BCUT2D eigenvalue weighted by Crippen LogP contribution is 2.07. The van der Waals surface area contributed by atoms with Gasteiger partial charge in [-0.05, 0) is 19.1 Å². The van der Waals surface area contributed by atoms with Crippen molar-refractivity contribution in [3.05, 3.63) is 34.9 Å². The summed E-state index contributed by atoms with van der Waals surface area (Å²) in [4.78, 5) is 0. The van der Waals surface area contributed by atoms with Crippen molar-refractivity contribution in [1.82, 2.24) is 0 Å². The van der Waals surface area contributed by atoms with Crippen molar-refractivity contribution in [3.63, 3.8) is 0 Å². The van der Waals surface area contributed by atoms with Crippen molar-refractivity contribution in [1.29, 1.82) is 0 Å². The molecule has 0 heterocycles. The molecule has 0 amide bonds. The molecule has 0 fully saturated rings. The Morgan fingerprint density at radius 3 is 1.50 bits per heavy atom. The van der Waals surface area contributed by atoms with Gasteiger partial charge in [-0.25, -0.2) is 0 Å². The number of hydrogen-bond acceptors (Lipinski definition) is 0. The monoisotopic (exact) mass is 214 g/mol. The van der Waals surface area contributed by atoms with Crippen LogP contribution in [0.15, 0.2) is 24.3 Å². The van der Waals surface area contributed by atoms with E-state index in [4.69, 9.17) is 11.6 Å². The normalized spacial score (nSPS) is 7.86. The third-order valence-corrected chi connectivity index (χ3v) is 1.76. The Morgan fingerprint density at radius 1 is 0.929 bits per heavy atom. The molecule has 0 saturated carbocycles. The van der Waals surface area contributed by atoms with Crippen LogP contribution < -0.4 is 0 Å². The summed E-state index contributed by atoms with van der Waals surface area (Å²) in [6.45, 7) is 10.4. The number of unbranched alkanes of at least 4 members (excludes halogenated alkanes) is 1. The smallest absolute Gasteiger partial charge is 0.0406 e. The van der Waals surface area contributed by atoms with Gasteiger partial charge in [0, 0.05) is 5.02 Å². The molecule has 0 unspecified atom stereocenters. The summed E-state index contributed by atoms with van der Waals surface area (Å²) in [6.07, 6.45) is 2.64. The molecule has 1 rings (SSSR count). The van der Waals surface area contributed by atoms with Crippen LogP contribution in [0.3, 0.4) is 0 Å². The van der Waals surface area contributed by atoms with E-state index >= 15 is 0 Å². The molecule has 0 radical (unpaired) electrons. The van der Waals surface area contributed by atoms with E-state index in [1.165, 1.54) is 18.4 Å². The van der Waals surface area contributed by atoms with Crippen molar-refractivity contribution in [2.45, 2.75) is 47.5 Å². The molecule has 1 aromatic rings. The van der Waals surface area contributed by atoms with Crippen molar-refractivity contribution >= 4 is 11.6 Å². The SMILES string of the molecule is CC.CCCC.Cc1ccc(Cl)cc1. The van der Waals surface area contributed by atoms with Crippen LogP contribution in [0.25, 0.3) is 0 Å². The topological polar surface area (TPSA) is 0 Å². The Bertz CT molecular complexity index is 166. The summed E-state index contributed by atoms with van der Waals surface area (Å²) in [5.74, 6) is 0. The summed E-state index contributed by atoms with van der Waals surface area (Å²) in [5.41, 5.74) is 1.24. The number of benzene rings is 1. The van der Waals surface area contributed by atoms with Crippen LogP contribution >= 0.6 is 11.6 Å². The highest BCUT2D eigenvalue weighted by Gasteiger charge is 1.81. The lowest BCUT2D eigenvalue weighted by Gasteiger charge is -1.88. The molecule has 0 bridgehead atoms. The molecule has 0 nitrogen and oxygen atoms in total. The number of rotatable bonds is 1. The van der Waals surface area contributed by atoms with E-state index in [0.717, 1.165) is 5.02 Å². The van der Waals surface area contributed by atoms with Crippen LogP contribution in [-0.2, 0) is 0 Å². The fraction of sp³-hybridized carbons (Fsp3) is 0.538. The minimum absolute atomic E-state index is 0.801. The third-order valence-electron chi connectivity index (χ3n) is 1.51. The van der Waals surface area contributed by atoms with Crippen molar-refractivity contribution in [3.8, 4) is 0 Å². The van der Waals surface area contributed by atoms with Crippen LogP contribution in [-0.4, -0.2) is 0 Å². The molecule has 1 aromatic carbocycles. The van der Waals surface area contributed by atoms with Gasteiger partial charge in [0.1, 0.15) is 0 Å². The fourth-order valence-corrected chi connectivity index (χ4v) is 0.659. The summed E-state index contributed by atoms with van der Waals surface area (Å²) < 4.78 is 0. The molecular weight excluding hydrogens is 192 g/mol. The lowest BCUT2D eigenvalue weighted by molar-refractivity contribution is 0.886. The van der Waals surface area contributed by atoms with E-state index < -0.39 is 0 Å². The standard InChI is InChI=1S/C7H7Cl.C4H10.C2H6/c1-6-2-4-7(8)5-3-6;1-3-4-2;1-2/h2-5H,1H3;3-4H2,1-2H3;1-2H3. The average molecular weight is 215 g/mol. The molecule has 1 heteroatoms. The van der Waals surface area contributed by atoms with Gasteiger partial charge in [-0.1, -0.05) is 69.8 Å². The molecule has 0 aliphatic rings. The maximum Gasteiger partial charge on any atom is 0.0406 e. The largest absolute Gasteiger partial charge is 0.0843 e. The molecule has 0 saturated heterocycles. The average Bonchev–Trinajstić information content (AvgIpc) is 2.26. The van der Waals surface area contributed by atoms with Gasteiger partial charge in [0.15, 0.2) is 0 Å². The zero-order valence-corrected chi connectivity index (χ0v) is 10.9. The van der Waals surface area contributed by atoms with Crippen molar-refractivity contribution in [2.24, 2.45) is 0 Å². The Labute approximate surface area is 94.3 Å². The van der Waals surface area contributed by atoms with Gasteiger partial charge in [-0.2, -0.15) is 0 Å². The van der Waals surface area contributed by atoms with E-state index in [-0.39, 0.29) is 0 Å². The Balaban J connectivity index is 0. The number of hydrogen-bond donors (Lipinski definition) is 0. The van der Waals surface area contributed by atoms with Gasteiger partial charge in [0.05, 0.1) is 0 Å². The molecule has 14 heavy (non-hydrogen) atoms. The van der Waals surface area contributed by atoms with Gasteiger partial charge in [0.2, 0.25) is 0 Å². The summed E-state index contributed by atoms with van der Waals surface area (Å²) in [7, 11) is 0. The first kappa shape index (κ1) is 16.0. The van der Waals surface area contributed by atoms with E-state index in [1.807, 2.05) is 45.0 Å². The molecule has 0 aliphatic carbocycles. The Hall–Kier alpha value is -0.490. The second-order valence-corrected chi connectivity index (χ2v) is 3.23. The lowest BCUT2D eigenvalue weighted by Crippen LogP contribution is -1.66. The Morgan fingerprint density at radius 2 is 1.29 bits per heavy atom. The van der Waals surface area contributed by atoms with E-state index in [1.54, 1.807) is 0 Å². The van der Waals surface area contributed by atoms with E-state index in [0.29, 0.717) is 0 Å². The van der Waals surface area contributed by atoms with Crippen LogP contribution in [0.4, 0.5) is 0 Å². The van der Waals surface area contributed by atoms with Crippen LogP contribution in [0, 0.1) is 6.92 Å². The molecular formula is C13H23Cl. The first-order valence-electron chi connectivity index (χ1n) is 5.42. The maximum atomic E-state index is 5.61. The number of aryl methyl sites for hydroxylation is 1. The quantitative estimate of drug-likeness (QED) is 0.581. The predicted molar refractivity (Wildman–Crippen MR) is 68.1 cm³/mol. The third kappa shape index (κ3) is 11.5. The fourth-order valence-electron chi connectivity index (χ4n) is 0.533. The zero-order chi connectivity index (χ0) is 11.4. The van der Waals surface area contributed by atoms with E-state index in [9.17, 15) is 0 Å². The van der Waals surface area contributed by atoms with Gasteiger partial charge < -0.3 is 0 Å². The zero-order valence-electron chi connectivity index (χ0n) is 10.1. The van der Waals surface area contributed by atoms with Gasteiger partial charge in [-0.15, -0.1) is 0 Å². The highest BCUT2D eigenvalue weighted by atomic mass is 35.5. The lowest BCUT2D eigenvalue weighted by atomic mass is 10.2. The van der Waals surface area contributed by atoms with Crippen LogP contribution in [0.1, 0.15) is 46.1 Å². The van der Waals surface area contributed by atoms with Crippen molar-refractivity contribution < 1.29 is 0 Å². The predicted octanol–water partition coefficient (Wildman–Crippen LogP) is 5.48. The molecule has 0 atom stereocenters. The maximum absolute atomic E-state index is 5.61. The summed E-state index contributed by atoms with van der Waals surface area (Å²) in [5, 5.41) is 0.801. The molecule has 0 N–H and O–H groups in total. The van der Waals surface area contributed by atoms with Gasteiger partial charge >= 0.3 is 0 Å². The number of halogens is 1. The minimum atomic E-state index is 0.801. The summed E-state index contributed by atoms with van der Waals surface area (Å²) >= 11 is 5.61. The second kappa shape index (κ2) is 12.5. The van der Waals surface area contributed by atoms with Gasteiger partial charge in [0.25, 0.3) is 0 Å². The minimum Gasteiger partial charge on any atom is -0.0843 e. The molecule has 0 aromatic heterocycles. The van der Waals surface area contributed by atoms with E-state index in [2.05, 4.69) is 13.8 Å². The van der Waals surface area contributed by atoms with Crippen molar-refractivity contribution in [2.75, 3.05) is 0 Å². The first-order chi connectivity index (χ1) is 6.70. The Kier molecular flexibility index (Phi) is 14.3. The van der Waals surface area contributed by atoms with Crippen LogP contribution in [0.2, 0.25) is 5.02 Å². The first-order valence-corrected chi connectivity index (χ1v) is 5.80. The van der Waals surface area contributed by atoms with Gasteiger partial charge in [-0.3, -0.25) is 0 Å². The molecule has 82 valence electrons. The van der Waals surface area contributed by atoms with Crippen LogP contribution in [0.5, 0.6) is 0 Å². The molecule has 0 spiro atoms. The highest BCUT2D eigenvalue weighted by molar-refractivity contribution is 6.30. The second-order valence-electron chi connectivity index (χ2n) is 2.80.